The number of rotatable bonds is 4. The summed E-state index contributed by atoms with van der Waals surface area (Å²) in [5.41, 5.74) is 2.34. The highest BCUT2D eigenvalue weighted by molar-refractivity contribution is 5.83. The Labute approximate surface area is 166 Å². The van der Waals surface area contributed by atoms with Gasteiger partial charge in [-0.3, -0.25) is 4.98 Å². The van der Waals surface area contributed by atoms with Crippen LogP contribution in [-0.4, -0.2) is 47.3 Å². The zero-order valence-corrected chi connectivity index (χ0v) is 16.9. The van der Waals surface area contributed by atoms with Crippen LogP contribution in [0, 0.1) is 11.3 Å². The van der Waals surface area contributed by atoms with Crippen molar-refractivity contribution in [3.05, 3.63) is 41.6 Å². The van der Waals surface area contributed by atoms with Crippen LogP contribution in [0.25, 0.3) is 10.9 Å². The zero-order chi connectivity index (χ0) is 20.1. The topological polar surface area (TPSA) is 78.2 Å². The maximum atomic E-state index is 11.9. The van der Waals surface area contributed by atoms with E-state index in [1.807, 2.05) is 51.2 Å². The van der Waals surface area contributed by atoms with Crippen LogP contribution in [0.2, 0.25) is 0 Å². The van der Waals surface area contributed by atoms with Gasteiger partial charge in [0.2, 0.25) is 0 Å². The first-order valence-corrected chi connectivity index (χ1v) is 9.84. The first-order valence-electron chi connectivity index (χ1n) is 9.84. The fraction of sp³-hybridized carbons (Fsp3) is 0.500. The first kappa shape index (κ1) is 20.1. The number of pyridine rings is 1. The van der Waals surface area contributed by atoms with E-state index >= 15 is 0 Å². The molecular weight excluding hydrogens is 352 g/mol. The van der Waals surface area contributed by atoms with Crippen LogP contribution in [0.3, 0.4) is 0 Å². The summed E-state index contributed by atoms with van der Waals surface area (Å²) < 4.78 is 5.34. The van der Waals surface area contributed by atoms with Gasteiger partial charge in [-0.05, 0) is 69.9 Å². The second kappa shape index (κ2) is 8.57. The molecule has 2 aromatic rings. The van der Waals surface area contributed by atoms with E-state index < -0.39 is 5.60 Å². The molecule has 1 saturated heterocycles. The lowest BCUT2D eigenvalue weighted by Gasteiger charge is -2.32. The number of nitrogens with one attached hydrogen (secondary N) is 1. The highest BCUT2D eigenvalue weighted by Crippen LogP contribution is 2.20. The van der Waals surface area contributed by atoms with Crippen LogP contribution in [0.1, 0.15) is 44.7 Å². The maximum absolute atomic E-state index is 11.9. The Hall–Kier alpha value is -2.65. The van der Waals surface area contributed by atoms with Gasteiger partial charge < -0.3 is 15.0 Å². The van der Waals surface area contributed by atoms with Gasteiger partial charge in [-0.25, -0.2) is 4.79 Å². The molecule has 6 heteroatoms. The third-order valence-electron chi connectivity index (χ3n) is 4.97. The molecule has 1 aromatic carbocycles. The Morgan fingerprint density at radius 1 is 1.32 bits per heavy atom. The quantitative estimate of drug-likeness (QED) is 0.876. The lowest BCUT2D eigenvalue weighted by molar-refractivity contribution is 0.0479. The van der Waals surface area contributed by atoms with Gasteiger partial charge in [0.25, 0.3) is 0 Å². The van der Waals surface area contributed by atoms with E-state index in [9.17, 15) is 4.79 Å². The van der Waals surface area contributed by atoms with Crippen molar-refractivity contribution in [2.24, 2.45) is 0 Å². The van der Waals surface area contributed by atoms with Crippen molar-refractivity contribution in [1.82, 2.24) is 15.2 Å². The minimum Gasteiger partial charge on any atom is -0.444 e. The number of carbonyl (C=O) groups excluding carboxylic acids is 1. The van der Waals surface area contributed by atoms with Crippen molar-refractivity contribution in [3.8, 4) is 6.07 Å². The third-order valence-corrected chi connectivity index (χ3v) is 4.97. The smallest absolute Gasteiger partial charge is 0.407 e. The van der Waals surface area contributed by atoms with Crippen LogP contribution < -0.4 is 5.32 Å². The summed E-state index contributed by atoms with van der Waals surface area (Å²) in [7, 11) is 0. The molecule has 0 aliphatic carbocycles. The normalized spacial score (nSPS) is 15.9. The van der Waals surface area contributed by atoms with Gasteiger partial charge in [-0.15, -0.1) is 0 Å². The van der Waals surface area contributed by atoms with E-state index in [-0.39, 0.29) is 12.1 Å². The number of nitrogens with zero attached hydrogens (tertiary/aromatic N) is 3. The van der Waals surface area contributed by atoms with Crippen LogP contribution in [0.4, 0.5) is 4.79 Å². The number of piperidine rings is 1. The molecular formula is C22H28N4O2. The molecule has 0 spiro atoms. The maximum Gasteiger partial charge on any atom is 0.407 e. The van der Waals surface area contributed by atoms with Gasteiger partial charge in [0.1, 0.15) is 5.60 Å². The number of alkyl carbamates (subject to hydrolysis) is 1. The van der Waals surface area contributed by atoms with Crippen molar-refractivity contribution in [2.45, 2.75) is 51.7 Å². The SMILES string of the molecule is CC(C)(C)OC(=O)NC1CCN(CCc2ccnc3ccc(C#N)cc23)CC1. The molecule has 1 amide bonds. The molecule has 0 radical (unpaired) electrons. The fourth-order valence-corrected chi connectivity index (χ4v) is 3.54. The number of fused-ring (bicyclic) bond motifs is 1. The summed E-state index contributed by atoms with van der Waals surface area (Å²) in [6.45, 7) is 8.47. The number of nitriles is 1. The van der Waals surface area contributed by atoms with Gasteiger partial charge >= 0.3 is 6.09 Å². The molecule has 1 aromatic heterocycles. The lowest BCUT2D eigenvalue weighted by Crippen LogP contribution is -2.46. The number of benzene rings is 1. The van der Waals surface area contributed by atoms with Crippen molar-refractivity contribution in [3.63, 3.8) is 0 Å². The summed E-state index contributed by atoms with van der Waals surface area (Å²) >= 11 is 0. The summed E-state index contributed by atoms with van der Waals surface area (Å²) in [6.07, 6.45) is 4.27. The molecule has 6 nitrogen and oxygen atoms in total. The third kappa shape index (κ3) is 5.43. The Balaban J connectivity index is 1.52. The van der Waals surface area contributed by atoms with Crippen molar-refractivity contribution in [2.75, 3.05) is 19.6 Å². The molecule has 1 aliphatic heterocycles. The Morgan fingerprint density at radius 2 is 2.07 bits per heavy atom. The van der Waals surface area contributed by atoms with Crippen LogP contribution in [0.5, 0.6) is 0 Å². The van der Waals surface area contributed by atoms with Crippen molar-refractivity contribution >= 4 is 17.0 Å². The van der Waals surface area contributed by atoms with E-state index in [4.69, 9.17) is 10.00 Å². The van der Waals surface area contributed by atoms with E-state index in [0.717, 1.165) is 49.8 Å². The number of hydrogen-bond donors (Lipinski definition) is 1. The summed E-state index contributed by atoms with van der Waals surface area (Å²) in [4.78, 5) is 18.7. The van der Waals surface area contributed by atoms with E-state index in [1.54, 1.807) is 0 Å². The molecule has 148 valence electrons. The number of ether oxygens (including phenoxy) is 1. The second-order valence-corrected chi connectivity index (χ2v) is 8.33. The second-order valence-electron chi connectivity index (χ2n) is 8.33. The highest BCUT2D eigenvalue weighted by Gasteiger charge is 2.23. The first-order chi connectivity index (χ1) is 13.3. The average Bonchev–Trinajstić information content (AvgIpc) is 2.65. The fourth-order valence-electron chi connectivity index (χ4n) is 3.54. The standard InChI is InChI=1S/C22H28N4O2/c1-22(2,3)28-21(27)25-18-8-12-26(13-9-18)11-7-17-6-10-24-20-5-4-16(15-23)14-19(17)20/h4-6,10,14,18H,7-9,11-13H2,1-3H3,(H,25,27). The molecule has 0 saturated carbocycles. The van der Waals surface area contributed by atoms with Gasteiger partial charge in [-0.1, -0.05) is 0 Å². The van der Waals surface area contributed by atoms with Gasteiger partial charge in [0, 0.05) is 37.3 Å². The number of aromatic nitrogens is 1. The summed E-state index contributed by atoms with van der Waals surface area (Å²) in [5.74, 6) is 0. The largest absolute Gasteiger partial charge is 0.444 e. The van der Waals surface area contributed by atoms with E-state index in [0.29, 0.717) is 5.56 Å². The molecule has 28 heavy (non-hydrogen) atoms. The van der Waals surface area contributed by atoms with E-state index in [1.165, 1.54) is 5.56 Å². The molecule has 1 aliphatic rings. The van der Waals surface area contributed by atoms with Crippen LogP contribution in [0.15, 0.2) is 30.5 Å². The number of hydrogen-bond acceptors (Lipinski definition) is 5. The molecule has 0 bridgehead atoms. The Morgan fingerprint density at radius 3 is 2.75 bits per heavy atom. The average molecular weight is 380 g/mol. The van der Waals surface area contributed by atoms with Gasteiger partial charge in [-0.2, -0.15) is 5.26 Å². The minimum atomic E-state index is -0.469. The van der Waals surface area contributed by atoms with Crippen molar-refractivity contribution < 1.29 is 9.53 Å². The number of carbonyl (C=O) groups is 1. The van der Waals surface area contributed by atoms with E-state index in [2.05, 4.69) is 21.3 Å². The van der Waals surface area contributed by atoms with Gasteiger partial charge in [0.15, 0.2) is 0 Å². The Bertz CT molecular complexity index is 874. The molecule has 2 heterocycles. The Kier molecular flexibility index (Phi) is 6.15. The van der Waals surface area contributed by atoms with Crippen molar-refractivity contribution in [1.29, 1.82) is 5.26 Å². The van der Waals surface area contributed by atoms with Crippen LogP contribution >= 0.6 is 0 Å². The number of amides is 1. The molecule has 3 rings (SSSR count). The zero-order valence-electron chi connectivity index (χ0n) is 16.9. The molecule has 1 N–H and O–H groups in total. The highest BCUT2D eigenvalue weighted by atomic mass is 16.6. The van der Waals surface area contributed by atoms with Crippen LogP contribution in [-0.2, 0) is 11.2 Å². The molecule has 0 atom stereocenters. The monoisotopic (exact) mass is 380 g/mol. The van der Waals surface area contributed by atoms with Gasteiger partial charge in [0.05, 0.1) is 17.1 Å². The predicted molar refractivity (Wildman–Crippen MR) is 109 cm³/mol. The predicted octanol–water partition coefficient (Wildman–Crippen LogP) is 3.64. The summed E-state index contributed by atoms with van der Waals surface area (Å²) in [6, 6.07) is 10.1. The minimum absolute atomic E-state index is 0.172. The molecule has 1 fully saturated rings. The summed E-state index contributed by atoms with van der Waals surface area (Å²) in [5, 5.41) is 13.2. The number of likely N-dealkylation sites (tertiary alicyclic amines) is 1. The lowest BCUT2D eigenvalue weighted by atomic mass is 10.0. The molecule has 0 unspecified atom stereocenters.